The standard InChI is InChI=1S/C59H106O13/c1-5-9-13-17-21-29-35-45-66-53(61)39-31-23-25-33-41-55(63)70-50-59(49-60,51-71-56(64)42-34-26-24-32-40-54(62)67-46-36-30-22-18-14-10-6-2)52-72-57(65)43-44-58(68-47-37-27-19-15-11-7-3)69-48-38-28-20-16-12-8-4/h21-22,29-30,58,60H,5-20,23-28,31-52H2,1-4H3/b29-21-,30-22-. The van der Waals surface area contributed by atoms with E-state index in [9.17, 15) is 29.1 Å². The average Bonchev–Trinajstić information content (AvgIpc) is 3.38. The van der Waals surface area contributed by atoms with E-state index in [0.29, 0.717) is 84.2 Å². The third kappa shape index (κ3) is 46.5. The van der Waals surface area contributed by atoms with Gasteiger partial charge in [0.2, 0.25) is 0 Å². The van der Waals surface area contributed by atoms with Crippen molar-refractivity contribution in [3.63, 3.8) is 0 Å². The predicted molar refractivity (Wildman–Crippen MR) is 287 cm³/mol. The molecule has 0 aliphatic heterocycles. The quantitative estimate of drug-likeness (QED) is 0.0201. The number of aliphatic hydroxyl groups is 1. The Balaban J connectivity index is 5.17. The van der Waals surface area contributed by atoms with Crippen LogP contribution in [0.15, 0.2) is 24.3 Å². The van der Waals surface area contributed by atoms with Crippen LogP contribution in [0.1, 0.15) is 259 Å². The van der Waals surface area contributed by atoms with Gasteiger partial charge in [-0.25, -0.2) is 0 Å². The van der Waals surface area contributed by atoms with Crippen molar-refractivity contribution in [2.24, 2.45) is 5.41 Å². The van der Waals surface area contributed by atoms with Gasteiger partial charge in [-0.1, -0.05) is 168 Å². The summed E-state index contributed by atoms with van der Waals surface area (Å²) in [7, 11) is 0. The molecule has 0 aromatic rings. The average molecular weight is 1020 g/mol. The Kier molecular flexibility index (Phi) is 50.2. The molecule has 0 fully saturated rings. The lowest BCUT2D eigenvalue weighted by Gasteiger charge is -2.30. The van der Waals surface area contributed by atoms with E-state index in [1.807, 2.05) is 0 Å². The summed E-state index contributed by atoms with van der Waals surface area (Å²) in [5.74, 6) is -1.94. The lowest BCUT2D eigenvalue weighted by molar-refractivity contribution is -0.169. The van der Waals surface area contributed by atoms with Gasteiger partial charge >= 0.3 is 29.8 Å². The number of esters is 5. The fraction of sp³-hybridized carbons (Fsp3) is 0.847. The molecule has 0 aliphatic carbocycles. The molecule has 0 spiro atoms. The third-order valence-electron chi connectivity index (χ3n) is 12.5. The van der Waals surface area contributed by atoms with Crippen molar-refractivity contribution in [2.45, 2.75) is 265 Å². The number of allylic oxidation sites excluding steroid dienone is 2. The van der Waals surface area contributed by atoms with Crippen molar-refractivity contribution in [3.05, 3.63) is 24.3 Å². The molecular formula is C59H106O13. The summed E-state index contributed by atoms with van der Waals surface area (Å²) in [6.45, 7) is 9.07. The molecule has 0 aliphatic rings. The van der Waals surface area contributed by atoms with Gasteiger partial charge < -0.3 is 38.3 Å². The minimum atomic E-state index is -1.38. The Bertz CT molecular complexity index is 1260. The van der Waals surface area contributed by atoms with Gasteiger partial charge in [-0.05, 0) is 77.0 Å². The predicted octanol–water partition coefficient (Wildman–Crippen LogP) is 14.3. The third-order valence-corrected chi connectivity index (χ3v) is 12.5. The van der Waals surface area contributed by atoms with Crippen molar-refractivity contribution >= 4 is 29.8 Å². The molecule has 0 rings (SSSR count). The molecule has 0 aromatic carbocycles. The van der Waals surface area contributed by atoms with Crippen LogP contribution in [0.25, 0.3) is 0 Å². The Hall–Kier alpha value is -3.29. The fourth-order valence-corrected chi connectivity index (χ4v) is 7.73. The molecule has 0 saturated carbocycles. The van der Waals surface area contributed by atoms with Gasteiger partial charge in [0.05, 0.1) is 31.7 Å². The number of carbonyl (C=O) groups is 5. The lowest BCUT2D eigenvalue weighted by atomic mass is 9.92. The zero-order valence-corrected chi connectivity index (χ0v) is 46.3. The Labute approximate surface area is 438 Å². The molecule has 13 nitrogen and oxygen atoms in total. The highest BCUT2D eigenvalue weighted by Crippen LogP contribution is 2.22. The van der Waals surface area contributed by atoms with Crippen LogP contribution < -0.4 is 0 Å². The minimum absolute atomic E-state index is 0.0151. The Morgan fingerprint density at radius 1 is 0.361 bits per heavy atom. The van der Waals surface area contributed by atoms with Gasteiger partial charge in [0.15, 0.2) is 6.29 Å². The van der Waals surface area contributed by atoms with Crippen LogP contribution in [0, 0.1) is 5.41 Å². The van der Waals surface area contributed by atoms with Crippen molar-refractivity contribution in [2.75, 3.05) is 52.9 Å². The van der Waals surface area contributed by atoms with E-state index in [1.165, 1.54) is 89.9 Å². The Morgan fingerprint density at radius 2 is 0.667 bits per heavy atom. The number of aliphatic hydroxyl groups excluding tert-OH is 1. The maximum Gasteiger partial charge on any atom is 0.306 e. The van der Waals surface area contributed by atoms with Crippen LogP contribution in [0.4, 0.5) is 0 Å². The molecule has 420 valence electrons. The number of unbranched alkanes of at least 4 members (excludes halogenated alkanes) is 22. The van der Waals surface area contributed by atoms with E-state index in [4.69, 9.17) is 33.2 Å². The highest BCUT2D eigenvalue weighted by Gasteiger charge is 2.35. The highest BCUT2D eigenvalue weighted by atomic mass is 16.7. The number of hydrogen-bond acceptors (Lipinski definition) is 13. The zero-order valence-electron chi connectivity index (χ0n) is 46.3. The summed E-state index contributed by atoms with van der Waals surface area (Å²) in [6, 6.07) is 0. The van der Waals surface area contributed by atoms with Crippen LogP contribution in [-0.2, 0) is 57.1 Å². The van der Waals surface area contributed by atoms with E-state index in [1.54, 1.807) is 0 Å². The molecule has 0 heterocycles. The SMILES string of the molecule is CCCCC/C=C\CCOC(=O)CCCCCCC(=O)OCC(CO)(COC(=O)CCCCCCC(=O)OCC/C=C\CCCCC)COC(=O)CCC(OCCCCCCCC)OCCCCCCCC. The first-order valence-corrected chi connectivity index (χ1v) is 29.1. The molecule has 72 heavy (non-hydrogen) atoms. The van der Waals surface area contributed by atoms with Gasteiger partial charge in [0, 0.05) is 45.3 Å². The molecule has 0 unspecified atom stereocenters. The molecule has 13 heteroatoms. The van der Waals surface area contributed by atoms with Gasteiger partial charge in [0.1, 0.15) is 19.8 Å². The molecular weight excluding hydrogens is 917 g/mol. The van der Waals surface area contributed by atoms with Crippen molar-refractivity contribution < 1.29 is 62.2 Å². The number of carbonyl (C=O) groups excluding carboxylic acids is 5. The summed E-state index contributed by atoms with van der Waals surface area (Å²) < 4.78 is 39.8. The Morgan fingerprint density at radius 3 is 1.04 bits per heavy atom. The fourth-order valence-electron chi connectivity index (χ4n) is 7.73. The second-order valence-electron chi connectivity index (χ2n) is 19.7. The van der Waals surface area contributed by atoms with E-state index >= 15 is 0 Å². The van der Waals surface area contributed by atoms with Crippen LogP contribution in [0.5, 0.6) is 0 Å². The summed E-state index contributed by atoms with van der Waals surface area (Å²) in [5, 5.41) is 10.7. The number of rotatable bonds is 54. The normalized spacial score (nSPS) is 11.8. The second kappa shape index (κ2) is 52.6. The number of ether oxygens (including phenoxy) is 7. The van der Waals surface area contributed by atoms with Crippen molar-refractivity contribution in [1.29, 1.82) is 0 Å². The summed E-state index contributed by atoms with van der Waals surface area (Å²) in [4.78, 5) is 63.3. The second-order valence-corrected chi connectivity index (χ2v) is 19.7. The van der Waals surface area contributed by atoms with E-state index in [2.05, 4.69) is 52.0 Å². The molecule has 0 atom stereocenters. The highest BCUT2D eigenvalue weighted by molar-refractivity contribution is 5.71. The smallest absolute Gasteiger partial charge is 0.306 e. The van der Waals surface area contributed by atoms with Crippen LogP contribution in [0.3, 0.4) is 0 Å². The largest absolute Gasteiger partial charge is 0.465 e. The number of hydrogen-bond donors (Lipinski definition) is 1. The van der Waals surface area contributed by atoms with Crippen LogP contribution >= 0.6 is 0 Å². The summed E-state index contributed by atoms with van der Waals surface area (Å²) >= 11 is 0. The lowest BCUT2D eigenvalue weighted by Crippen LogP contribution is -2.42. The van der Waals surface area contributed by atoms with Crippen molar-refractivity contribution in [1.82, 2.24) is 0 Å². The first-order chi connectivity index (χ1) is 35.1. The maximum atomic E-state index is 13.2. The molecule has 0 saturated heterocycles. The topological polar surface area (TPSA) is 170 Å². The minimum Gasteiger partial charge on any atom is -0.465 e. The molecule has 0 bridgehead atoms. The van der Waals surface area contributed by atoms with Gasteiger partial charge in [-0.2, -0.15) is 0 Å². The summed E-state index contributed by atoms with van der Waals surface area (Å²) in [5.41, 5.74) is -1.38. The van der Waals surface area contributed by atoms with Gasteiger partial charge in [0.25, 0.3) is 0 Å². The monoisotopic (exact) mass is 1020 g/mol. The van der Waals surface area contributed by atoms with Crippen LogP contribution in [-0.4, -0.2) is 94.1 Å². The summed E-state index contributed by atoms with van der Waals surface area (Å²) in [6.07, 6.45) is 38.8. The maximum absolute atomic E-state index is 13.2. The first-order valence-electron chi connectivity index (χ1n) is 29.1. The first kappa shape index (κ1) is 68.7. The van der Waals surface area contributed by atoms with Gasteiger partial charge in [-0.3, -0.25) is 24.0 Å². The van der Waals surface area contributed by atoms with E-state index in [-0.39, 0.29) is 51.0 Å². The van der Waals surface area contributed by atoms with E-state index in [0.717, 1.165) is 64.2 Å². The molecule has 0 radical (unpaired) electrons. The molecule has 1 N–H and O–H groups in total. The zero-order chi connectivity index (χ0) is 52.9. The molecule has 0 aromatic heterocycles. The van der Waals surface area contributed by atoms with Crippen LogP contribution in [0.2, 0.25) is 0 Å². The van der Waals surface area contributed by atoms with Gasteiger partial charge in [-0.15, -0.1) is 0 Å². The van der Waals surface area contributed by atoms with Crippen molar-refractivity contribution in [3.8, 4) is 0 Å². The molecule has 0 amide bonds. The van der Waals surface area contributed by atoms with E-state index < -0.39 is 36.2 Å².